The minimum Gasteiger partial charge on any atom is -0.469 e. The largest absolute Gasteiger partial charge is 0.469 e. The van der Waals surface area contributed by atoms with Gasteiger partial charge in [0.15, 0.2) is 5.78 Å². The van der Waals surface area contributed by atoms with Crippen LogP contribution in [-0.2, 0) is 9.59 Å². The number of carbonyl (C=O) groups excluding carboxylic acids is 2. The molecular formula is C26H22ClN3O3. The van der Waals surface area contributed by atoms with E-state index in [2.05, 4.69) is 15.6 Å². The van der Waals surface area contributed by atoms with Crippen molar-refractivity contribution < 1.29 is 14.0 Å². The number of dihydropyridines is 1. The molecule has 1 amide bonds. The van der Waals surface area contributed by atoms with Gasteiger partial charge >= 0.3 is 0 Å². The van der Waals surface area contributed by atoms with Crippen LogP contribution in [0, 0.1) is 0 Å². The Hall–Kier alpha value is -3.64. The highest BCUT2D eigenvalue weighted by molar-refractivity contribution is 6.31. The van der Waals surface area contributed by atoms with E-state index >= 15 is 0 Å². The number of rotatable bonds is 4. The van der Waals surface area contributed by atoms with Crippen molar-refractivity contribution in [2.75, 3.05) is 5.32 Å². The molecule has 33 heavy (non-hydrogen) atoms. The van der Waals surface area contributed by atoms with E-state index in [0.29, 0.717) is 40.5 Å². The molecule has 0 saturated carbocycles. The SMILES string of the molecule is CC1=C(C(=O)Nc2ccccn2)C(c2ccccc2Cl)C2=C(CC(c3ccco3)CC2=O)N1. The summed E-state index contributed by atoms with van der Waals surface area (Å²) in [5.41, 5.74) is 3.26. The Bertz CT molecular complexity index is 1280. The molecule has 0 fully saturated rings. The highest BCUT2D eigenvalue weighted by Gasteiger charge is 2.42. The van der Waals surface area contributed by atoms with E-state index in [9.17, 15) is 9.59 Å². The first-order valence-electron chi connectivity index (χ1n) is 10.8. The van der Waals surface area contributed by atoms with E-state index in [4.69, 9.17) is 16.0 Å². The molecule has 0 bridgehead atoms. The van der Waals surface area contributed by atoms with Gasteiger partial charge in [-0.25, -0.2) is 4.98 Å². The summed E-state index contributed by atoms with van der Waals surface area (Å²) in [6.45, 7) is 1.85. The second-order valence-corrected chi connectivity index (χ2v) is 8.63. The molecule has 1 aliphatic heterocycles. The van der Waals surface area contributed by atoms with Crippen LogP contribution in [0.3, 0.4) is 0 Å². The van der Waals surface area contributed by atoms with Crippen molar-refractivity contribution in [2.24, 2.45) is 0 Å². The number of hydrogen-bond donors (Lipinski definition) is 2. The van der Waals surface area contributed by atoms with E-state index in [-0.39, 0.29) is 17.6 Å². The zero-order valence-electron chi connectivity index (χ0n) is 18.0. The standard InChI is InChI=1S/C26H22ClN3O3/c1-15-23(26(32)30-22-10-4-5-11-28-22)24(17-7-2-3-8-18(17)27)25-19(29-15)13-16(14-20(25)31)21-9-6-12-33-21/h2-12,16,24,29H,13-14H2,1H3,(H,28,30,32). The number of carbonyl (C=O) groups is 2. The van der Waals surface area contributed by atoms with Crippen LogP contribution in [-0.4, -0.2) is 16.7 Å². The Kier molecular flexibility index (Phi) is 5.60. The van der Waals surface area contributed by atoms with Crippen molar-refractivity contribution in [3.05, 3.63) is 106 Å². The summed E-state index contributed by atoms with van der Waals surface area (Å²) in [4.78, 5) is 31.2. The Labute approximate surface area is 196 Å². The summed E-state index contributed by atoms with van der Waals surface area (Å²) in [5, 5.41) is 6.72. The molecule has 2 atom stereocenters. The number of anilines is 1. The number of amides is 1. The molecule has 0 radical (unpaired) electrons. The monoisotopic (exact) mass is 459 g/mol. The number of aromatic nitrogens is 1. The normalized spacial score (nSPS) is 20.4. The van der Waals surface area contributed by atoms with E-state index in [1.165, 1.54) is 0 Å². The maximum absolute atomic E-state index is 13.5. The van der Waals surface area contributed by atoms with Gasteiger partial charge in [0, 0.05) is 52.0 Å². The highest BCUT2D eigenvalue weighted by Crippen LogP contribution is 2.47. The second kappa shape index (κ2) is 8.71. The van der Waals surface area contributed by atoms with Crippen molar-refractivity contribution in [3.63, 3.8) is 0 Å². The van der Waals surface area contributed by atoms with Crippen molar-refractivity contribution in [1.82, 2.24) is 10.3 Å². The van der Waals surface area contributed by atoms with E-state index in [1.54, 1.807) is 36.7 Å². The fourth-order valence-corrected chi connectivity index (χ4v) is 4.95. The first kappa shape index (κ1) is 21.2. The van der Waals surface area contributed by atoms with Crippen LogP contribution in [0.5, 0.6) is 0 Å². The number of ketones is 1. The molecule has 3 aromatic rings. The number of halogens is 1. The molecule has 2 unspecified atom stereocenters. The van der Waals surface area contributed by atoms with Gasteiger partial charge in [-0.3, -0.25) is 9.59 Å². The fourth-order valence-electron chi connectivity index (χ4n) is 4.71. The zero-order chi connectivity index (χ0) is 22.9. The molecule has 7 heteroatoms. The topological polar surface area (TPSA) is 84.2 Å². The Morgan fingerprint density at radius 3 is 2.67 bits per heavy atom. The summed E-state index contributed by atoms with van der Waals surface area (Å²) in [6, 6.07) is 16.4. The lowest BCUT2D eigenvalue weighted by molar-refractivity contribution is -0.116. The van der Waals surface area contributed by atoms with Crippen LogP contribution < -0.4 is 10.6 Å². The third kappa shape index (κ3) is 3.98. The second-order valence-electron chi connectivity index (χ2n) is 8.22. The third-order valence-corrected chi connectivity index (χ3v) is 6.48. The molecule has 2 aliphatic rings. The molecule has 5 rings (SSSR count). The van der Waals surface area contributed by atoms with Crippen LogP contribution in [0.25, 0.3) is 0 Å². The van der Waals surface area contributed by atoms with Crippen LogP contribution in [0.1, 0.15) is 42.9 Å². The highest BCUT2D eigenvalue weighted by atomic mass is 35.5. The number of pyridine rings is 1. The molecule has 1 aliphatic carbocycles. The maximum Gasteiger partial charge on any atom is 0.255 e. The minimum atomic E-state index is -0.580. The lowest BCUT2D eigenvalue weighted by Crippen LogP contribution is -2.37. The molecule has 166 valence electrons. The van der Waals surface area contributed by atoms with Gasteiger partial charge in [0.05, 0.1) is 6.26 Å². The average Bonchev–Trinajstić information content (AvgIpc) is 3.34. The van der Waals surface area contributed by atoms with Crippen LogP contribution in [0.15, 0.2) is 94.0 Å². The van der Waals surface area contributed by atoms with Gasteiger partial charge in [0.25, 0.3) is 5.91 Å². The van der Waals surface area contributed by atoms with Crippen molar-refractivity contribution in [2.45, 2.75) is 31.6 Å². The van der Waals surface area contributed by atoms with Crippen molar-refractivity contribution >= 4 is 29.1 Å². The van der Waals surface area contributed by atoms with E-state index < -0.39 is 5.92 Å². The Morgan fingerprint density at radius 1 is 1.12 bits per heavy atom. The quantitative estimate of drug-likeness (QED) is 0.551. The molecular weight excluding hydrogens is 438 g/mol. The summed E-state index contributed by atoms with van der Waals surface area (Å²) >= 11 is 6.59. The average molecular weight is 460 g/mol. The summed E-state index contributed by atoms with van der Waals surface area (Å²) in [6.07, 6.45) is 4.16. The predicted molar refractivity (Wildman–Crippen MR) is 126 cm³/mol. The number of furan rings is 1. The van der Waals surface area contributed by atoms with Crippen LogP contribution in [0.4, 0.5) is 5.82 Å². The number of nitrogens with zero attached hydrogens (tertiary/aromatic N) is 1. The van der Waals surface area contributed by atoms with E-state index in [0.717, 1.165) is 17.0 Å². The Morgan fingerprint density at radius 2 is 1.94 bits per heavy atom. The number of Topliss-reactive ketones (excluding diaryl/α,β-unsaturated/α-hetero) is 1. The number of benzene rings is 1. The van der Waals surface area contributed by atoms with Crippen molar-refractivity contribution in [1.29, 1.82) is 0 Å². The molecule has 0 spiro atoms. The lowest BCUT2D eigenvalue weighted by atomic mass is 9.72. The molecule has 2 N–H and O–H groups in total. The van der Waals surface area contributed by atoms with Crippen LogP contribution >= 0.6 is 11.6 Å². The first-order chi connectivity index (χ1) is 16.0. The minimum absolute atomic E-state index is 0.0225. The van der Waals surface area contributed by atoms with Gasteiger partial charge in [-0.15, -0.1) is 0 Å². The third-order valence-electron chi connectivity index (χ3n) is 6.14. The number of hydrogen-bond acceptors (Lipinski definition) is 5. The first-order valence-corrected chi connectivity index (χ1v) is 11.1. The fraction of sp³-hybridized carbons (Fsp3) is 0.192. The summed E-state index contributed by atoms with van der Waals surface area (Å²) in [5.74, 6) is 0.243. The molecule has 6 nitrogen and oxygen atoms in total. The van der Waals surface area contributed by atoms with Gasteiger partial charge in [-0.2, -0.15) is 0 Å². The van der Waals surface area contributed by atoms with Crippen molar-refractivity contribution in [3.8, 4) is 0 Å². The number of allylic oxidation sites excluding steroid dienone is 3. The van der Waals surface area contributed by atoms with Gasteiger partial charge in [-0.05, 0) is 49.2 Å². The van der Waals surface area contributed by atoms with Gasteiger partial charge < -0.3 is 15.1 Å². The van der Waals surface area contributed by atoms with Gasteiger partial charge in [-0.1, -0.05) is 35.9 Å². The summed E-state index contributed by atoms with van der Waals surface area (Å²) < 4.78 is 5.58. The van der Waals surface area contributed by atoms with Gasteiger partial charge in [0.2, 0.25) is 0 Å². The van der Waals surface area contributed by atoms with Crippen LogP contribution in [0.2, 0.25) is 5.02 Å². The summed E-state index contributed by atoms with van der Waals surface area (Å²) in [7, 11) is 0. The lowest BCUT2D eigenvalue weighted by Gasteiger charge is -2.36. The van der Waals surface area contributed by atoms with E-state index in [1.807, 2.05) is 37.3 Å². The molecule has 1 aromatic carbocycles. The Balaban J connectivity index is 1.59. The maximum atomic E-state index is 13.5. The molecule has 3 heterocycles. The smallest absolute Gasteiger partial charge is 0.255 e. The zero-order valence-corrected chi connectivity index (χ0v) is 18.7. The number of nitrogens with one attached hydrogen (secondary N) is 2. The van der Waals surface area contributed by atoms with Gasteiger partial charge in [0.1, 0.15) is 11.6 Å². The molecule has 2 aromatic heterocycles. The molecule has 0 saturated heterocycles. The predicted octanol–water partition coefficient (Wildman–Crippen LogP) is 5.33.